The van der Waals surface area contributed by atoms with Crippen molar-refractivity contribution in [1.29, 1.82) is 0 Å². The van der Waals surface area contributed by atoms with Crippen LogP contribution >= 0.6 is 0 Å². The summed E-state index contributed by atoms with van der Waals surface area (Å²) in [6.45, 7) is 2.05. The molecule has 0 aliphatic heterocycles. The van der Waals surface area contributed by atoms with E-state index in [1.807, 2.05) is 37.3 Å². The number of hydrogen-bond donors (Lipinski definition) is 2. The predicted molar refractivity (Wildman–Crippen MR) is 85.8 cm³/mol. The minimum atomic E-state index is -1.51. The Kier molecular flexibility index (Phi) is 6.13. The number of ether oxygens (including phenoxy) is 1. The second kappa shape index (κ2) is 8.08. The first-order valence-electron chi connectivity index (χ1n) is 7.26. The highest BCUT2D eigenvalue weighted by Gasteiger charge is 2.17. The monoisotopic (exact) mass is 302 g/mol. The molecule has 0 heterocycles. The van der Waals surface area contributed by atoms with Crippen LogP contribution in [0.4, 0.5) is 4.39 Å². The van der Waals surface area contributed by atoms with Crippen LogP contribution in [0.5, 0.6) is 0 Å². The lowest BCUT2D eigenvalue weighted by atomic mass is 9.78. The molecule has 116 valence electrons. The third kappa shape index (κ3) is 4.40. The zero-order valence-corrected chi connectivity index (χ0v) is 12.6. The van der Waals surface area contributed by atoms with E-state index in [1.54, 1.807) is 18.2 Å². The summed E-state index contributed by atoms with van der Waals surface area (Å²) in [4.78, 5) is 0. The Labute approximate surface area is 130 Å². The third-order valence-corrected chi connectivity index (χ3v) is 3.65. The summed E-state index contributed by atoms with van der Waals surface area (Å²) in [6, 6.07) is 14.8. The van der Waals surface area contributed by atoms with Crippen molar-refractivity contribution in [3.05, 3.63) is 65.2 Å². The first-order chi connectivity index (χ1) is 10.6. The maximum atomic E-state index is 13.3. The van der Waals surface area contributed by atoms with Gasteiger partial charge in [-0.25, -0.2) is 0 Å². The fourth-order valence-corrected chi connectivity index (χ4v) is 2.43. The molecule has 2 aromatic rings. The lowest BCUT2D eigenvalue weighted by Gasteiger charge is -2.17. The number of aryl methyl sites for hydroxylation is 1. The summed E-state index contributed by atoms with van der Waals surface area (Å²) in [7, 11) is -1.51. The lowest BCUT2D eigenvalue weighted by molar-refractivity contribution is 0.0997. The van der Waals surface area contributed by atoms with E-state index in [1.165, 1.54) is 0 Å². The molecule has 0 spiro atoms. The van der Waals surface area contributed by atoms with E-state index in [-0.39, 0.29) is 12.5 Å². The molecule has 1 atom stereocenters. The molecule has 0 aliphatic carbocycles. The number of benzene rings is 2. The predicted octanol–water partition coefficient (Wildman–Crippen LogP) is 1.94. The summed E-state index contributed by atoms with van der Waals surface area (Å²) in [6.07, 6.45) is 0. The highest BCUT2D eigenvalue weighted by atomic mass is 19.1. The molecule has 0 aromatic heterocycles. The molecule has 0 fully saturated rings. The second-order valence-electron chi connectivity index (χ2n) is 5.34. The van der Waals surface area contributed by atoms with Gasteiger partial charge in [0.25, 0.3) is 0 Å². The zero-order chi connectivity index (χ0) is 15.9. The smallest absolute Gasteiger partial charge is 0.423 e. The van der Waals surface area contributed by atoms with Crippen LogP contribution < -0.4 is 5.46 Å². The fraction of sp³-hybridized carbons (Fsp3) is 0.294. The van der Waals surface area contributed by atoms with Gasteiger partial charge in [0, 0.05) is 5.92 Å². The Hall–Kier alpha value is -1.69. The lowest BCUT2D eigenvalue weighted by Crippen LogP contribution is -2.30. The van der Waals surface area contributed by atoms with Gasteiger partial charge < -0.3 is 14.8 Å². The zero-order valence-electron chi connectivity index (χ0n) is 12.6. The molecule has 2 N–H and O–H groups in total. The average molecular weight is 302 g/mol. The van der Waals surface area contributed by atoms with Gasteiger partial charge in [0.05, 0.1) is 19.9 Å². The maximum Gasteiger partial charge on any atom is 0.488 e. The molecule has 2 rings (SSSR count). The normalized spacial score (nSPS) is 12.2. The Morgan fingerprint density at radius 3 is 2.45 bits per heavy atom. The van der Waals surface area contributed by atoms with Crippen LogP contribution in [-0.2, 0) is 11.3 Å². The molecule has 0 amide bonds. The summed E-state index contributed by atoms with van der Waals surface area (Å²) < 4.78 is 19.0. The Morgan fingerprint density at radius 2 is 1.86 bits per heavy atom. The maximum absolute atomic E-state index is 13.3. The molecule has 3 nitrogen and oxygen atoms in total. The molecular weight excluding hydrogens is 282 g/mol. The van der Waals surface area contributed by atoms with E-state index in [0.717, 1.165) is 16.7 Å². The van der Waals surface area contributed by atoms with Crippen molar-refractivity contribution in [2.24, 2.45) is 0 Å². The molecule has 0 saturated carbocycles. The van der Waals surface area contributed by atoms with Gasteiger partial charge in [0.15, 0.2) is 0 Å². The Balaban J connectivity index is 1.99. The van der Waals surface area contributed by atoms with Crippen LogP contribution in [0.25, 0.3) is 0 Å². The first kappa shape index (κ1) is 16.7. The van der Waals surface area contributed by atoms with Crippen molar-refractivity contribution in [3.63, 3.8) is 0 Å². The van der Waals surface area contributed by atoms with Gasteiger partial charge in [-0.15, -0.1) is 0 Å². The van der Waals surface area contributed by atoms with Crippen molar-refractivity contribution >= 4 is 12.6 Å². The van der Waals surface area contributed by atoms with Gasteiger partial charge in [-0.3, -0.25) is 4.39 Å². The summed E-state index contributed by atoms with van der Waals surface area (Å²) in [5.41, 5.74) is 3.12. The molecule has 0 radical (unpaired) electrons. The molecular formula is C17H20BFO3. The Morgan fingerprint density at radius 1 is 1.14 bits per heavy atom. The van der Waals surface area contributed by atoms with E-state index in [4.69, 9.17) is 14.8 Å². The largest absolute Gasteiger partial charge is 0.488 e. The molecule has 0 bridgehead atoms. The van der Waals surface area contributed by atoms with Gasteiger partial charge in [0.1, 0.15) is 0 Å². The van der Waals surface area contributed by atoms with E-state index in [0.29, 0.717) is 12.1 Å². The summed E-state index contributed by atoms with van der Waals surface area (Å²) in [5, 5.41) is 18.3. The van der Waals surface area contributed by atoms with Gasteiger partial charge in [-0.05, 0) is 29.1 Å². The number of rotatable bonds is 7. The highest BCUT2D eigenvalue weighted by Crippen LogP contribution is 2.21. The Bertz CT molecular complexity index is 590. The standard InChI is InChI=1S/C17H20BFO3/c1-13-9-16(18(20)21)7-8-17(13)15(10-19)12-22-11-14-5-3-2-4-6-14/h2-9,15,20-21H,10-12H2,1H3. The van der Waals surface area contributed by atoms with Crippen LogP contribution in [0.2, 0.25) is 0 Å². The summed E-state index contributed by atoms with van der Waals surface area (Å²) in [5.74, 6) is -0.353. The first-order valence-corrected chi connectivity index (χ1v) is 7.26. The van der Waals surface area contributed by atoms with E-state index in [2.05, 4.69) is 0 Å². The molecule has 2 aromatic carbocycles. The minimum absolute atomic E-state index is 0.285. The van der Waals surface area contributed by atoms with Crippen LogP contribution in [0.15, 0.2) is 48.5 Å². The van der Waals surface area contributed by atoms with Crippen molar-refractivity contribution in [2.45, 2.75) is 19.4 Å². The number of halogens is 1. The van der Waals surface area contributed by atoms with Gasteiger partial charge >= 0.3 is 7.12 Å². The van der Waals surface area contributed by atoms with E-state index in [9.17, 15) is 4.39 Å². The van der Waals surface area contributed by atoms with Gasteiger partial charge in [0.2, 0.25) is 0 Å². The van der Waals surface area contributed by atoms with Crippen molar-refractivity contribution < 1.29 is 19.2 Å². The quantitative estimate of drug-likeness (QED) is 0.769. The molecule has 0 aliphatic rings. The topological polar surface area (TPSA) is 49.7 Å². The molecule has 22 heavy (non-hydrogen) atoms. The van der Waals surface area contributed by atoms with E-state index >= 15 is 0 Å². The van der Waals surface area contributed by atoms with Crippen molar-refractivity contribution in [2.75, 3.05) is 13.3 Å². The van der Waals surface area contributed by atoms with Crippen molar-refractivity contribution in [3.8, 4) is 0 Å². The highest BCUT2D eigenvalue weighted by molar-refractivity contribution is 6.58. The van der Waals surface area contributed by atoms with E-state index < -0.39 is 13.8 Å². The van der Waals surface area contributed by atoms with Gasteiger partial charge in [-0.2, -0.15) is 0 Å². The van der Waals surface area contributed by atoms with Crippen LogP contribution in [-0.4, -0.2) is 30.4 Å². The SMILES string of the molecule is Cc1cc(B(O)O)ccc1C(CF)COCc1ccccc1. The summed E-state index contributed by atoms with van der Waals surface area (Å²) >= 11 is 0. The second-order valence-corrected chi connectivity index (χ2v) is 5.34. The van der Waals surface area contributed by atoms with Gasteiger partial charge in [-0.1, -0.05) is 48.5 Å². The third-order valence-electron chi connectivity index (χ3n) is 3.65. The minimum Gasteiger partial charge on any atom is -0.423 e. The van der Waals surface area contributed by atoms with Crippen LogP contribution in [0.1, 0.15) is 22.6 Å². The van der Waals surface area contributed by atoms with Crippen molar-refractivity contribution in [1.82, 2.24) is 0 Å². The molecule has 0 saturated heterocycles. The fourth-order valence-electron chi connectivity index (χ4n) is 2.43. The molecule has 1 unspecified atom stereocenters. The van der Waals surface area contributed by atoms with Crippen LogP contribution in [0, 0.1) is 6.92 Å². The average Bonchev–Trinajstić information content (AvgIpc) is 2.53. The molecule has 5 heteroatoms. The number of hydrogen-bond acceptors (Lipinski definition) is 3. The number of alkyl halides is 1. The van der Waals surface area contributed by atoms with Crippen LogP contribution in [0.3, 0.4) is 0 Å².